The Labute approximate surface area is 139 Å². The van der Waals surface area contributed by atoms with Gasteiger partial charge in [0.1, 0.15) is 12.2 Å². The Kier molecular flexibility index (Phi) is 6.30. The van der Waals surface area contributed by atoms with Crippen LogP contribution in [0.15, 0.2) is 30.6 Å². The first-order valence-electron chi connectivity index (χ1n) is 8.33. The first kappa shape index (κ1) is 17.6. The van der Waals surface area contributed by atoms with Gasteiger partial charge in [-0.3, -0.25) is 4.90 Å². The van der Waals surface area contributed by atoms with Crippen LogP contribution in [-0.4, -0.2) is 37.9 Å². The molecule has 5 heteroatoms. The monoisotopic (exact) mass is 316 g/mol. The maximum Gasteiger partial charge on any atom is 0.141 e. The quantitative estimate of drug-likeness (QED) is 0.813. The Morgan fingerprint density at radius 1 is 1.22 bits per heavy atom. The predicted octanol–water partition coefficient (Wildman–Crippen LogP) is 2.80. The van der Waals surface area contributed by atoms with E-state index in [0.717, 1.165) is 24.5 Å². The van der Waals surface area contributed by atoms with E-state index in [0.29, 0.717) is 19.0 Å². The zero-order chi connectivity index (χ0) is 16.8. The molecule has 0 aliphatic carbocycles. The van der Waals surface area contributed by atoms with Crippen molar-refractivity contribution in [1.29, 1.82) is 0 Å². The van der Waals surface area contributed by atoms with Gasteiger partial charge >= 0.3 is 0 Å². The Hall–Kier alpha value is -1.72. The van der Waals surface area contributed by atoms with E-state index in [-0.39, 0.29) is 0 Å². The molecule has 2 aromatic rings. The second kappa shape index (κ2) is 8.22. The molecule has 0 amide bonds. The van der Waals surface area contributed by atoms with E-state index in [1.165, 1.54) is 5.56 Å². The molecule has 0 radical (unpaired) electrons. The van der Waals surface area contributed by atoms with Crippen LogP contribution in [0.5, 0.6) is 0 Å². The number of aliphatic hydroxyl groups excluding tert-OH is 1. The van der Waals surface area contributed by atoms with Crippen LogP contribution in [0.1, 0.15) is 43.8 Å². The van der Waals surface area contributed by atoms with Gasteiger partial charge in [0.05, 0.1) is 12.6 Å². The zero-order valence-electron chi connectivity index (χ0n) is 14.6. The highest BCUT2D eigenvalue weighted by Gasteiger charge is 2.15. The van der Waals surface area contributed by atoms with Gasteiger partial charge in [0.2, 0.25) is 0 Å². The van der Waals surface area contributed by atoms with E-state index in [1.54, 1.807) is 6.33 Å². The van der Waals surface area contributed by atoms with E-state index in [1.807, 2.05) is 28.9 Å². The molecule has 1 heterocycles. The lowest BCUT2D eigenvalue weighted by Gasteiger charge is -2.23. The molecule has 0 fully saturated rings. The van der Waals surface area contributed by atoms with Crippen molar-refractivity contribution >= 4 is 0 Å². The highest BCUT2D eigenvalue weighted by molar-refractivity contribution is 5.23. The molecule has 0 saturated carbocycles. The summed E-state index contributed by atoms with van der Waals surface area (Å²) in [5, 5.41) is 14.8. The molecule has 0 saturated heterocycles. The minimum atomic E-state index is -0.489. The van der Waals surface area contributed by atoms with Crippen LogP contribution in [0.4, 0.5) is 0 Å². The number of nitrogens with zero attached hydrogens (tertiary/aromatic N) is 4. The molecule has 2 rings (SSSR count). The van der Waals surface area contributed by atoms with Crippen molar-refractivity contribution in [2.45, 2.75) is 46.9 Å². The summed E-state index contributed by atoms with van der Waals surface area (Å²) >= 11 is 0. The summed E-state index contributed by atoms with van der Waals surface area (Å²) in [6, 6.07) is 8.06. The van der Waals surface area contributed by atoms with Crippen LogP contribution in [0.3, 0.4) is 0 Å². The molecule has 5 nitrogen and oxygen atoms in total. The maximum absolute atomic E-state index is 10.5. The van der Waals surface area contributed by atoms with Gasteiger partial charge in [-0.2, -0.15) is 5.10 Å². The summed E-state index contributed by atoms with van der Waals surface area (Å²) in [7, 11) is 0. The van der Waals surface area contributed by atoms with Crippen molar-refractivity contribution in [3.05, 3.63) is 47.5 Å². The predicted molar refractivity (Wildman–Crippen MR) is 91.9 cm³/mol. The van der Waals surface area contributed by atoms with Crippen LogP contribution in [0, 0.1) is 12.8 Å². The van der Waals surface area contributed by atoms with Crippen LogP contribution in [0.25, 0.3) is 0 Å². The molecule has 0 aliphatic rings. The van der Waals surface area contributed by atoms with Crippen molar-refractivity contribution in [1.82, 2.24) is 19.7 Å². The van der Waals surface area contributed by atoms with E-state index >= 15 is 0 Å². The van der Waals surface area contributed by atoms with Crippen molar-refractivity contribution in [2.75, 3.05) is 13.1 Å². The van der Waals surface area contributed by atoms with Crippen LogP contribution >= 0.6 is 0 Å². The van der Waals surface area contributed by atoms with E-state index in [2.05, 4.69) is 42.7 Å². The third-order valence-corrected chi connectivity index (χ3v) is 3.94. The lowest BCUT2D eigenvalue weighted by Crippen LogP contribution is -2.30. The normalized spacial score (nSPS) is 13.0. The molecule has 0 bridgehead atoms. The molecule has 0 spiro atoms. The van der Waals surface area contributed by atoms with Gasteiger partial charge in [-0.1, -0.05) is 50.6 Å². The van der Waals surface area contributed by atoms with Gasteiger partial charge in [0.15, 0.2) is 0 Å². The lowest BCUT2D eigenvalue weighted by atomic mass is 10.1. The van der Waals surface area contributed by atoms with Crippen molar-refractivity contribution < 1.29 is 5.11 Å². The van der Waals surface area contributed by atoms with Crippen molar-refractivity contribution in [2.24, 2.45) is 5.92 Å². The summed E-state index contributed by atoms with van der Waals surface area (Å²) in [5.74, 6) is 1.49. The topological polar surface area (TPSA) is 54.2 Å². The molecule has 23 heavy (non-hydrogen) atoms. The van der Waals surface area contributed by atoms with Crippen LogP contribution in [0.2, 0.25) is 0 Å². The van der Waals surface area contributed by atoms with Crippen molar-refractivity contribution in [3.8, 4) is 0 Å². The number of rotatable bonds is 8. The molecule has 1 unspecified atom stereocenters. The molecular weight excluding hydrogens is 288 g/mol. The number of aromatic nitrogens is 3. The van der Waals surface area contributed by atoms with E-state index in [4.69, 9.17) is 0 Å². The average Bonchev–Trinajstić information content (AvgIpc) is 2.93. The summed E-state index contributed by atoms with van der Waals surface area (Å²) in [6.45, 7) is 11.5. The van der Waals surface area contributed by atoms with Gasteiger partial charge in [-0.25, -0.2) is 9.67 Å². The van der Waals surface area contributed by atoms with Gasteiger partial charge in [0.25, 0.3) is 0 Å². The molecule has 1 N–H and O–H groups in total. The van der Waals surface area contributed by atoms with Crippen LogP contribution in [-0.2, 0) is 13.1 Å². The Morgan fingerprint density at radius 2 is 1.91 bits per heavy atom. The number of hydrogen-bond donors (Lipinski definition) is 1. The molecule has 126 valence electrons. The van der Waals surface area contributed by atoms with Gasteiger partial charge in [0, 0.05) is 13.1 Å². The maximum atomic E-state index is 10.5. The molecule has 0 aliphatic heterocycles. The first-order chi connectivity index (χ1) is 11.0. The fraction of sp³-hybridized carbons (Fsp3) is 0.556. The summed E-state index contributed by atoms with van der Waals surface area (Å²) in [6.07, 6.45) is 1.12. The SMILES string of the molecule is CCN(Cc1ncnn1CC(C)C)CC(O)c1ccc(C)cc1. The highest BCUT2D eigenvalue weighted by atomic mass is 16.3. The van der Waals surface area contributed by atoms with Crippen LogP contribution < -0.4 is 0 Å². The van der Waals surface area contributed by atoms with Gasteiger partial charge < -0.3 is 5.11 Å². The van der Waals surface area contributed by atoms with E-state index in [9.17, 15) is 5.11 Å². The number of benzene rings is 1. The Bertz CT molecular complexity index is 591. The average molecular weight is 316 g/mol. The third kappa shape index (κ3) is 5.15. The number of hydrogen-bond acceptors (Lipinski definition) is 4. The zero-order valence-corrected chi connectivity index (χ0v) is 14.6. The number of likely N-dealkylation sites (N-methyl/N-ethyl adjacent to an activating group) is 1. The third-order valence-electron chi connectivity index (χ3n) is 3.94. The fourth-order valence-corrected chi connectivity index (χ4v) is 2.55. The second-order valence-corrected chi connectivity index (χ2v) is 6.51. The Balaban J connectivity index is 2.00. The fourth-order valence-electron chi connectivity index (χ4n) is 2.55. The highest BCUT2D eigenvalue weighted by Crippen LogP contribution is 2.16. The molecule has 1 atom stereocenters. The minimum Gasteiger partial charge on any atom is -0.387 e. The summed E-state index contributed by atoms with van der Waals surface area (Å²) in [4.78, 5) is 6.58. The van der Waals surface area contributed by atoms with E-state index < -0.39 is 6.10 Å². The van der Waals surface area contributed by atoms with Gasteiger partial charge in [-0.05, 0) is 24.9 Å². The molecular formula is C18H28N4O. The van der Waals surface area contributed by atoms with Crippen molar-refractivity contribution in [3.63, 3.8) is 0 Å². The second-order valence-electron chi connectivity index (χ2n) is 6.51. The smallest absolute Gasteiger partial charge is 0.141 e. The van der Waals surface area contributed by atoms with Gasteiger partial charge in [-0.15, -0.1) is 0 Å². The largest absolute Gasteiger partial charge is 0.387 e. The number of aryl methyl sites for hydroxylation is 1. The summed E-state index contributed by atoms with van der Waals surface area (Å²) < 4.78 is 1.96. The summed E-state index contributed by atoms with van der Waals surface area (Å²) in [5.41, 5.74) is 2.16. The molecule has 1 aromatic carbocycles. The number of aliphatic hydroxyl groups is 1. The standard InChI is InChI=1S/C18H28N4O/c1-5-21(11-17(23)16-8-6-15(4)7-9-16)12-18-19-13-20-22(18)10-14(2)3/h6-9,13-14,17,23H,5,10-12H2,1-4H3. The Morgan fingerprint density at radius 3 is 2.52 bits per heavy atom. The first-order valence-corrected chi connectivity index (χ1v) is 8.33. The molecule has 1 aromatic heterocycles. The minimum absolute atomic E-state index is 0.489. The lowest BCUT2D eigenvalue weighted by molar-refractivity contribution is 0.110.